The molecule has 0 aromatic heterocycles. The maximum Gasteiger partial charge on any atom is 0.243 e. The maximum absolute atomic E-state index is 13.2. The molecule has 2 N–H and O–H groups in total. The van der Waals surface area contributed by atoms with Gasteiger partial charge in [0.1, 0.15) is 0 Å². The van der Waals surface area contributed by atoms with Crippen LogP contribution in [0.2, 0.25) is 0 Å². The van der Waals surface area contributed by atoms with E-state index in [4.69, 9.17) is 0 Å². The van der Waals surface area contributed by atoms with Crippen molar-refractivity contribution in [3.8, 4) is 0 Å². The highest BCUT2D eigenvalue weighted by molar-refractivity contribution is 7.89. The number of hydrogen-bond acceptors (Lipinski definition) is 5. The topological polar surface area (TPSA) is 95.6 Å². The quantitative estimate of drug-likeness (QED) is 0.635. The number of carbonyl (C=O) groups is 2. The third-order valence-electron chi connectivity index (χ3n) is 5.40. The smallest absolute Gasteiger partial charge is 0.243 e. The van der Waals surface area contributed by atoms with Crippen molar-refractivity contribution in [2.75, 3.05) is 30.3 Å². The Kier molecular flexibility index (Phi) is 7.46. The minimum atomic E-state index is -3.60. The van der Waals surface area contributed by atoms with Gasteiger partial charge in [0.25, 0.3) is 0 Å². The number of sulfonamides is 1. The van der Waals surface area contributed by atoms with Gasteiger partial charge < -0.3 is 10.6 Å². The van der Waals surface area contributed by atoms with Crippen molar-refractivity contribution >= 4 is 33.1 Å². The lowest BCUT2D eigenvalue weighted by Crippen LogP contribution is -2.32. The van der Waals surface area contributed by atoms with Crippen LogP contribution in [0.4, 0.5) is 11.4 Å². The van der Waals surface area contributed by atoms with E-state index in [1.165, 1.54) is 13.0 Å². The first kappa shape index (κ1) is 23.0. The van der Waals surface area contributed by atoms with Gasteiger partial charge in [-0.05, 0) is 68.7 Å². The van der Waals surface area contributed by atoms with E-state index < -0.39 is 10.0 Å². The Hall–Kier alpha value is -2.71. The van der Waals surface area contributed by atoms with Crippen LogP contribution in [0.3, 0.4) is 0 Å². The molecule has 166 valence electrons. The van der Waals surface area contributed by atoms with Gasteiger partial charge in [-0.15, -0.1) is 0 Å². The number of ketones is 1. The molecule has 8 heteroatoms. The molecule has 31 heavy (non-hydrogen) atoms. The molecular weight excluding hydrogens is 414 g/mol. The number of carbonyl (C=O) groups excluding carboxylic acids is 2. The van der Waals surface area contributed by atoms with E-state index in [9.17, 15) is 18.0 Å². The minimum Gasteiger partial charge on any atom is -0.376 e. The summed E-state index contributed by atoms with van der Waals surface area (Å²) < 4.78 is 27.9. The zero-order valence-corrected chi connectivity index (χ0v) is 18.8. The standard InChI is InChI=1S/C23H29N3O4S/c1-17-7-10-21(15-22(17)31(29,30)26-13-5-3-4-6-14-26)25-23(28)16-24-20-11-8-19(9-12-20)18(2)27/h7-12,15,24H,3-6,13-14,16H2,1-2H3,(H,25,28). The summed E-state index contributed by atoms with van der Waals surface area (Å²) >= 11 is 0. The fourth-order valence-corrected chi connectivity index (χ4v) is 5.36. The van der Waals surface area contributed by atoms with Gasteiger partial charge in [-0.3, -0.25) is 9.59 Å². The number of benzene rings is 2. The molecule has 0 aliphatic carbocycles. The maximum atomic E-state index is 13.2. The molecule has 0 spiro atoms. The SMILES string of the molecule is CC(=O)c1ccc(NCC(=O)Nc2ccc(C)c(S(=O)(=O)N3CCCCCC3)c2)cc1. The van der Waals surface area contributed by atoms with Gasteiger partial charge in [-0.1, -0.05) is 18.9 Å². The molecule has 0 saturated carbocycles. The lowest BCUT2D eigenvalue weighted by molar-refractivity contribution is -0.114. The zero-order valence-electron chi connectivity index (χ0n) is 18.0. The van der Waals surface area contributed by atoms with Crippen LogP contribution >= 0.6 is 0 Å². The summed E-state index contributed by atoms with van der Waals surface area (Å²) in [5, 5.41) is 5.75. The molecule has 1 saturated heterocycles. The second-order valence-corrected chi connectivity index (χ2v) is 9.74. The lowest BCUT2D eigenvalue weighted by Gasteiger charge is -2.21. The fraction of sp³-hybridized carbons (Fsp3) is 0.391. The Bertz CT molecular complexity index is 1040. The minimum absolute atomic E-state index is 0.0154. The van der Waals surface area contributed by atoms with Crippen molar-refractivity contribution in [1.82, 2.24) is 4.31 Å². The molecule has 2 aromatic carbocycles. The summed E-state index contributed by atoms with van der Waals surface area (Å²) in [7, 11) is -3.60. The van der Waals surface area contributed by atoms with E-state index in [1.54, 1.807) is 47.6 Å². The number of anilines is 2. The summed E-state index contributed by atoms with van der Waals surface area (Å²) in [6.07, 6.45) is 3.83. The lowest BCUT2D eigenvalue weighted by atomic mass is 10.1. The van der Waals surface area contributed by atoms with E-state index in [-0.39, 0.29) is 23.1 Å². The zero-order chi connectivity index (χ0) is 22.4. The largest absolute Gasteiger partial charge is 0.376 e. The molecule has 0 bridgehead atoms. The first-order valence-corrected chi connectivity index (χ1v) is 12.0. The van der Waals surface area contributed by atoms with Crippen LogP contribution in [-0.2, 0) is 14.8 Å². The molecule has 3 rings (SSSR count). The van der Waals surface area contributed by atoms with E-state index >= 15 is 0 Å². The number of rotatable bonds is 7. The molecule has 7 nitrogen and oxygen atoms in total. The predicted molar refractivity (Wildman–Crippen MR) is 122 cm³/mol. The van der Waals surface area contributed by atoms with Crippen LogP contribution in [0.15, 0.2) is 47.4 Å². The van der Waals surface area contributed by atoms with Gasteiger partial charge in [0.2, 0.25) is 15.9 Å². The molecule has 0 atom stereocenters. The van der Waals surface area contributed by atoms with Gasteiger partial charge in [0.15, 0.2) is 5.78 Å². The Morgan fingerprint density at radius 1 is 0.935 bits per heavy atom. The third kappa shape index (κ3) is 5.92. The van der Waals surface area contributed by atoms with Crippen LogP contribution < -0.4 is 10.6 Å². The average molecular weight is 444 g/mol. The molecule has 0 radical (unpaired) electrons. The van der Waals surface area contributed by atoms with E-state index in [0.717, 1.165) is 25.7 Å². The number of nitrogens with one attached hydrogen (secondary N) is 2. The molecule has 1 aliphatic rings. The average Bonchev–Trinajstić information content (AvgIpc) is 3.04. The third-order valence-corrected chi connectivity index (χ3v) is 7.44. The highest BCUT2D eigenvalue weighted by Gasteiger charge is 2.27. The van der Waals surface area contributed by atoms with Crippen molar-refractivity contribution in [3.05, 3.63) is 53.6 Å². The van der Waals surface area contributed by atoms with E-state index in [0.29, 0.717) is 35.6 Å². The molecule has 1 fully saturated rings. The molecule has 0 unspecified atom stereocenters. The Morgan fingerprint density at radius 3 is 2.16 bits per heavy atom. The number of aryl methyl sites for hydroxylation is 1. The van der Waals surface area contributed by atoms with Crippen LogP contribution in [-0.4, -0.2) is 44.0 Å². The summed E-state index contributed by atoms with van der Waals surface area (Å²) in [6.45, 7) is 4.35. The number of Topliss-reactive ketones (excluding diaryl/α,β-unsaturated/α-hetero) is 1. The van der Waals surface area contributed by atoms with E-state index in [2.05, 4.69) is 10.6 Å². The van der Waals surface area contributed by atoms with E-state index in [1.807, 2.05) is 0 Å². The fourth-order valence-electron chi connectivity index (χ4n) is 3.59. The highest BCUT2D eigenvalue weighted by atomic mass is 32.2. The van der Waals surface area contributed by atoms with Gasteiger partial charge in [0, 0.05) is 30.0 Å². The van der Waals surface area contributed by atoms with Crippen molar-refractivity contribution in [2.45, 2.75) is 44.4 Å². The van der Waals surface area contributed by atoms with Crippen LogP contribution in [0, 0.1) is 6.92 Å². The van der Waals surface area contributed by atoms with Crippen LogP contribution in [0.5, 0.6) is 0 Å². The number of nitrogens with zero attached hydrogens (tertiary/aromatic N) is 1. The first-order valence-electron chi connectivity index (χ1n) is 10.5. The van der Waals surface area contributed by atoms with Crippen molar-refractivity contribution in [3.63, 3.8) is 0 Å². The van der Waals surface area contributed by atoms with Crippen molar-refractivity contribution < 1.29 is 18.0 Å². The molecule has 1 aliphatic heterocycles. The number of hydrogen-bond donors (Lipinski definition) is 2. The van der Waals surface area contributed by atoms with Gasteiger partial charge >= 0.3 is 0 Å². The molecule has 1 amide bonds. The first-order chi connectivity index (χ1) is 14.8. The number of amides is 1. The second kappa shape index (κ2) is 10.1. The van der Waals surface area contributed by atoms with Crippen LogP contribution in [0.25, 0.3) is 0 Å². The summed E-state index contributed by atoms with van der Waals surface area (Å²) in [4.78, 5) is 23.9. The summed E-state index contributed by atoms with van der Waals surface area (Å²) in [5.74, 6) is -0.313. The molecule has 2 aromatic rings. The molecular formula is C23H29N3O4S. The Balaban J connectivity index is 1.66. The highest BCUT2D eigenvalue weighted by Crippen LogP contribution is 2.26. The summed E-state index contributed by atoms with van der Waals surface area (Å²) in [6, 6.07) is 11.8. The normalized spacial score (nSPS) is 15.2. The summed E-state index contributed by atoms with van der Waals surface area (Å²) in [5.41, 5.74) is 2.42. The molecule has 1 heterocycles. The van der Waals surface area contributed by atoms with Crippen molar-refractivity contribution in [2.24, 2.45) is 0 Å². The monoisotopic (exact) mass is 443 g/mol. The second-order valence-electron chi connectivity index (χ2n) is 7.83. The van der Waals surface area contributed by atoms with Gasteiger partial charge in [-0.2, -0.15) is 4.31 Å². The Labute approximate surface area is 183 Å². The van der Waals surface area contributed by atoms with Crippen LogP contribution in [0.1, 0.15) is 48.5 Å². The van der Waals surface area contributed by atoms with Crippen molar-refractivity contribution in [1.29, 1.82) is 0 Å². The Morgan fingerprint density at radius 2 is 1.55 bits per heavy atom. The van der Waals surface area contributed by atoms with Gasteiger partial charge in [0.05, 0.1) is 11.4 Å². The van der Waals surface area contributed by atoms with Gasteiger partial charge in [-0.25, -0.2) is 8.42 Å². The predicted octanol–water partition coefficient (Wildman–Crippen LogP) is 3.81.